The fourth-order valence-electron chi connectivity index (χ4n) is 3.73. The number of hydrogen-bond acceptors (Lipinski definition) is 3. The van der Waals surface area contributed by atoms with Crippen LogP contribution in [0.4, 0.5) is 0 Å². The number of pyridine rings is 1. The molecular formula is C17H26N4. The van der Waals surface area contributed by atoms with Crippen LogP contribution in [-0.2, 0) is 5.54 Å². The molecule has 1 saturated carbocycles. The fourth-order valence-corrected chi connectivity index (χ4v) is 3.73. The molecule has 0 bridgehead atoms. The lowest BCUT2D eigenvalue weighted by Crippen LogP contribution is -2.31. The van der Waals surface area contributed by atoms with Crippen molar-refractivity contribution in [2.45, 2.75) is 57.9 Å². The van der Waals surface area contributed by atoms with Gasteiger partial charge in [0.2, 0.25) is 0 Å². The summed E-state index contributed by atoms with van der Waals surface area (Å²) in [6.07, 6.45) is 8.75. The molecule has 0 aliphatic heterocycles. The molecule has 21 heavy (non-hydrogen) atoms. The molecule has 2 atom stereocenters. The monoisotopic (exact) mass is 286 g/mol. The Balaban J connectivity index is 2.17. The van der Waals surface area contributed by atoms with Gasteiger partial charge in [-0.15, -0.1) is 0 Å². The fraction of sp³-hybridized carbons (Fsp3) is 0.647. The van der Waals surface area contributed by atoms with Crippen molar-refractivity contribution < 1.29 is 0 Å². The zero-order valence-electron chi connectivity index (χ0n) is 13.3. The first-order chi connectivity index (χ1) is 10.0. The van der Waals surface area contributed by atoms with Crippen LogP contribution >= 0.6 is 0 Å². The number of nitrogens with zero attached hydrogens (tertiary/aromatic N) is 3. The number of rotatable bonds is 2. The second-order valence-corrected chi connectivity index (χ2v) is 7.23. The van der Waals surface area contributed by atoms with E-state index in [-0.39, 0.29) is 5.54 Å². The summed E-state index contributed by atoms with van der Waals surface area (Å²) in [6.45, 7) is 7.51. The van der Waals surface area contributed by atoms with Crippen LogP contribution in [0.15, 0.2) is 18.5 Å². The van der Waals surface area contributed by atoms with Gasteiger partial charge in [0.05, 0.1) is 11.7 Å². The number of hydrogen-bond donors (Lipinski definition) is 1. The molecule has 4 nitrogen and oxygen atoms in total. The van der Waals surface area contributed by atoms with Crippen molar-refractivity contribution in [3.63, 3.8) is 0 Å². The largest absolute Gasteiger partial charge is 0.330 e. The molecule has 2 N–H and O–H groups in total. The third kappa shape index (κ3) is 2.57. The maximum Gasteiger partial charge on any atom is 0.113 e. The number of aromatic nitrogens is 3. The second-order valence-electron chi connectivity index (χ2n) is 7.23. The SMILES string of the molecule is CC(C)(C)n1c(C2CCCCC2CN)nc2cnccc21. The van der Waals surface area contributed by atoms with Gasteiger partial charge in [0.15, 0.2) is 0 Å². The second kappa shape index (κ2) is 5.41. The van der Waals surface area contributed by atoms with Crippen LogP contribution in [0.3, 0.4) is 0 Å². The molecule has 2 aromatic heterocycles. The zero-order chi connectivity index (χ0) is 15.0. The van der Waals surface area contributed by atoms with Gasteiger partial charge >= 0.3 is 0 Å². The Morgan fingerprint density at radius 3 is 2.76 bits per heavy atom. The first-order valence-electron chi connectivity index (χ1n) is 8.05. The van der Waals surface area contributed by atoms with Gasteiger partial charge in [0, 0.05) is 17.7 Å². The van der Waals surface area contributed by atoms with E-state index in [0.29, 0.717) is 11.8 Å². The van der Waals surface area contributed by atoms with Crippen LogP contribution in [-0.4, -0.2) is 21.1 Å². The van der Waals surface area contributed by atoms with Crippen LogP contribution in [0.25, 0.3) is 11.0 Å². The Hall–Kier alpha value is -1.42. The van der Waals surface area contributed by atoms with Gasteiger partial charge in [0.1, 0.15) is 11.3 Å². The molecule has 2 heterocycles. The summed E-state index contributed by atoms with van der Waals surface area (Å²) < 4.78 is 2.41. The van der Waals surface area contributed by atoms with Crippen molar-refractivity contribution >= 4 is 11.0 Å². The number of nitrogens with two attached hydrogens (primary N) is 1. The lowest BCUT2D eigenvalue weighted by Gasteiger charge is -2.34. The summed E-state index contributed by atoms with van der Waals surface area (Å²) in [6, 6.07) is 2.08. The highest BCUT2D eigenvalue weighted by atomic mass is 15.1. The highest BCUT2D eigenvalue weighted by molar-refractivity contribution is 5.75. The van der Waals surface area contributed by atoms with Crippen molar-refractivity contribution in [2.75, 3.05) is 6.54 Å². The quantitative estimate of drug-likeness (QED) is 0.920. The minimum Gasteiger partial charge on any atom is -0.330 e. The first kappa shape index (κ1) is 14.5. The predicted octanol–water partition coefficient (Wildman–Crippen LogP) is 3.42. The highest BCUT2D eigenvalue weighted by Crippen LogP contribution is 2.39. The Kier molecular flexibility index (Phi) is 3.74. The van der Waals surface area contributed by atoms with E-state index in [1.165, 1.54) is 37.0 Å². The van der Waals surface area contributed by atoms with Crippen molar-refractivity contribution in [2.24, 2.45) is 11.7 Å². The Morgan fingerprint density at radius 2 is 2.05 bits per heavy atom. The molecule has 1 aliphatic rings. The smallest absolute Gasteiger partial charge is 0.113 e. The van der Waals surface area contributed by atoms with Gasteiger partial charge in [-0.2, -0.15) is 0 Å². The number of fused-ring (bicyclic) bond motifs is 1. The molecule has 2 aromatic rings. The lowest BCUT2D eigenvalue weighted by atomic mass is 9.78. The van der Waals surface area contributed by atoms with Gasteiger partial charge in [-0.3, -0.25) is 4.98 Å². The summed E-state index contributed by atoms with van der Waals surface area (Å²) in [5.74, 6) is 2.25. The summed E-state index contributed by atoms with van der Waals surface area (Å²) in [5.41, 5.74) is 8.24. The molecule has 0 radical (unpaired) electrons. The van der Waals surface area contributed by atoms with E-state index in [1.54, 1.807) is 0 Å². The van der Waals surface area contributed by atoms with Crippen LogP contribution in [0.2, 0.25) is 0 Å². The van der Waals surface area contributed by atoms with Gasteiger partial charge < -0.3 is 10.3 Å². The van der Waals surface area contributed by atoms with E-state index < -0.39 is 0 Å². The topological polar surface area (TPSA) is 56.7 Å². The Morgan fingerprint density at radius 1 is 1.29 bits per heavy atom. The molecule has 0 spiro atoms. The standard InChI is InChI=1S/C17H26N4/c1-17(2,3)21-15-8-9-19-11-14(15)20-16(21)13-7-5-4-6-12(13)10-18/h8-9,11-13H,4-7,10,18H2,1-3H3. The lowest BCUT2D eigenvalue weighted by molar-refractivity contribution is 0.281. The van der Waals surface area contributed by atoms with Gasteiger partial charge in [-0.1, -0.05) is 12.8 Å². The molecule has 0 amide bonds. The molecule has 4 heteroatoms. The molecule has 0 saturated heterocycles. The number of imidazole rings is 1. The minimum atomic E-state index is 0.0159. The summed E-state index contributed by atoms with van der Waals surface area (Å²) in [4.78, 5) is 9.18. The van der Waals surface area contributed by atoms with Crippen LogP contribution in [0.1, 0.15) is 58.2 Å². The summed E-state index contributed by atoms with van der Waals surface area (Å²) in [7, 11) is 0. The minimum absolute atomic E-state index is 0.0159. The van der Waals surface area contributed by atoms with E-state index in [0.717, 1.165) is 12.1 Å². The van der Waals surface area contributed by atoms with E-state index in [1.807, 2.05) is 12.4 Å². The van der Waals surface area contributed by atoms with Crippen LogP contribution in [0, 0.1) is 5.92 Å². The summed E-state index contributed by atoms with van der Waals surface area (Å²) >= 11 is 0. The average molecular weight is 286 g/mol. The van der Waals surface area contributed by atoms with E-state index in [4.69, 9.17) is 10.7 Å². The molecule has 2 unspecified atom stereocenters. The molecular weight excluding hydrogens is 260 g/mol. The van der Waals surface area contributed by atoms with Crippen LogP contribution in [0.5, 0.6) is 0 Å². The van der Waals surface area contributed by atoms with E-state index >= 15 is 0 Å². The first-order valence-corrected chi connectivity index (χ1v) is 8.05. The Labute approximate surface area is 126 Å². The van der Waals surface area contributed by atoms with Crippen molar-refractivity contribution in [1.82, 2.24) is 14.5 Å². The third-order valence-corrected chi connectivity index (χ3v) is 4.70. The summed E-state index contributed by atoms with van der Waals surface area (Å²) in [5, 5.41) is 0. The zero-order valence-corrected chi connectivity index (χ0v) is 13.3. The Bertz CT molecular complexity index is 623. The molecule has 1 aliphatic carbocycles. The predicted molar refractivity (Wildman–Crippen MR) is 86.3 cm³/mol. The maximum absolute atomic E-state index is 6.03. The van der Waals surface area contributed by atoms with Gasteiger partial charge in [0.25, 0.3) is 0 Å². The molecule has 3 rings (SSSR count). The van der Waals surface area contributed by atoms with E-state index in [2.05, 4.69) is 36.4 Å². The van der Waals surface area contributed by atoms with Crippen molar-refractivity contribution in [3.05, 3.63) is 24.3 Å². The third-order valence-electron chi connectivity index (χ3n) is 4.70. The molecule has 1 fully saturated rings. The highest BCUT2D eigenvalue weighted by Gasteiger charge is 2.32. The van der Waals surface area contributed by atoms with Crippen molar-refractivity contribution in [1.29, 1.82) is 0 Å². The van der Waals surface area contributed by atoms with Crippen molar-refractivity contribution in [3.8, 4) is 0 Å². The van der Waals surface area contributed by atoms with Gasteiger partial charge in [-0.25, -0.2) is 4.98 Å². The molecule has 114 valence electrons. The van der Waals surface area contributed by atoms with E-state index in [9.17, 15) is 0 Å². The van der Waals surface area contributed by atoms with Gasteiger partial charge in [-0.05, 0) is 52.1 Å². The molecule has 0 aromatic carbocycles. The normalized spacial score (nSPS) is 23.6. The van der Waals surface area contributed by atoms with Crippen LogP contribution < -0.4 is 5.73 Å². The maximum atomic E-state index is 6.03. The average Bonchev–Trinajstić information content (AvgIpc) is 2.86.